The predicted molar refractivity (Wildman–Crippen MR) is 69.2 cm³/mol. The molecular formula is C13H16O4S. The molecule has 0 spiro atoms. The van der Waals surface area contributed by atoms with Crippen molar-refractivity contribution in [2.75, 3.05) is 0 Å². The zero-order chi connectivity index (χ0) is 13.5. The van der Waals surface area contributed by atoms with E-state index >= 15 is 0 Å². The molecule has 0 aliphatic heterocycles. The van der Waals surface area contributed by atoms with Crippen LogP contribution in [0, 0.1) is 5.92 Å². The Bertz CT molecular complexity index is 403. The van der Waals surface area contributed by atoms with E-state index in [1.807, 2.05) is 18.2 Å². The summed E-state index contributed by atoms with van der Waals surface area (Å²) in [5.41, 5.74) is 0. The van der Waals surface area contributed by atoms with Gasteiger partial charge in [-0.1, -0.05) is 32.0 Å². The average Bonchev–Trinajstić information content (AvgIpc) is 2.29. The predicted octanol–water partition coefficient (Wildman–Crippen LogP) is 3.46. The van der Waals surface area contributed by atoms with Crippen molar-refractivity contribution in [3.8, 4) is 0 Å². The molecule has 0 aliphatic carbocycles. The highest BCUT2D eigenvalue weighted by atomic mass is 32.2. The fraction of sp³-hybridized carbons (Fsp3) is 0.385. The van der Waals surface area contributed by atoms with Crippen LogP contribution in [0.5, 0.6) is 0 Å². The standard InChI is InChI=1S/C13H16O4S/c1-9(2)12(14)16-10(3)17-13(15)18-11-7-5-4-6-8-11/h4-10H,1-3H3. The first-order valence-corrected chi connectivity index (χ1v) is 6.44. The van der Waals surface area contributed by atoms with Gasteiger partial charge in [0.05, 0.1) is 5.92 Å². The number of hydrogen-bond donors (Lipinski definition) is 0. The molecule has 1 rings (SSSR count). The molecule has 1 unspecified atom stereocenters. The van der Waals surface area contributed by atoms with E-state index in [0.717, 1.165) is 16.7 Å². The number of rotatable bonds is 4. The van der Waals surface area contributed by atoms with Gasteiger partial charge in [-0.05, 0) is 23.9 Å². The Kier molecular flexibility index (Phi) is 5.71. The van der Waals surface area contributed by atoms with Crippen LogP contribution >= 0.6 is 11.8 Å². The van der Waals surface area contributed by atoms with Crippen molar-refractivity contribution >= 4 is 23.0 Å². The minimum atomic E-state index is -0.872. The van der Waals surface area contributed by atoms with Crippen LogP contribution < -0.4 is 0 Å². The molecule has 18 heavy (non-hydrogen) atoms. The van der Waals surface area contributed by atoms with Gasteiger partial charge in [-0.15, -0.1) is 0 Å². The number of benzene rings is 1. The van der Waals surface area contributed by atoms with E-state index in [-0.39, 0.29) is 11.9 Å². The summed E-state index contributed by atoms with van der Waals surface area (Å²) in [6, 6.07) is 9.13. The van der Waals surface area contributed by atoms with Gasteiger partial charge < -0.3 is 9.47 Å². The lowest BCUT2D eigenvalue weighted by Gasteiger charge is -2.14. The van der Waals surface area contributed by atoms with Crippen LogP contribution in [0.2, 0.25) is 0 Å². The monoisotopic (exact) mass is 268 g/mol. The summed E-state index contributed by atoms with van der Waals surface area (Å²) in [5.74, 6) is -0.632. The summed E-state index contributed by atoms with van der Waals surface area (Å²) >= 11 is 0.955. The molecule has 0 aliphatic rings. The summed E-state index contributed by atoms with van der Waals surface area (Å²) in [6.45, 7) is 4.95. The third-order valence-electron chi connectivity index (χ3n) is 1.96. The molecule has 0 saturated heterocycles. The van der Waals surface area contributed by atoms with Crippen LogP contribution in [0.15, 0.2) is 35.2 Å². The maximum absolute atomic E-state index is 11.5. The maximum atomic E-state index is 11.5. The van der Waals surface area contributed by atoms with E-state index < -0.39 is 11.6 Å². The molecule has 0 bridgehead atoms. The molecule has 0 radical (unpaired) electrons. The number of carbonyl (C=O) groups is 2. The molecule has 1 atom stereocenters. The van der Waals surface area contributed by atoms with Crippen molar-refractivity contribution in [2.45, 2.75) is 32.0 Å². The molecule has 0 saturated carbocycles. The highest BCUT2D eigenvalue weighted by Crippen LogP contribution is 2.20. The van der Waals surface area contributed by atoms with Crippen LogP contribution in [0.1, 0.15) is 20.8 Å². The van der Waals surface area contributed by atoms with E-state index in [0.29, 0.717) is 0 Å². The molecule has 0 aromatic heterocycles. The molecule has 0 heterocycles. The molecule has 1 aromatic carbocycles. The third-order valence-corrected chi connectivity index (χ3v) is 2.73. The van der Waals surface area contributed by atoms with Crippen molar-refractivity contribution in [1.29, 1.82) is 0 Å². The first kappa shape index (κ1) is 14.6. The second kappa shape index (κ2) is 7.06. The molecule has 98 valence electrons. The van der Waals surface area contributed by atoms with Gasteiger partial charge in [0, 0.05) is 11.8 Å². The van der Waals surface area contributed by atoms with Crippen LogP contribution in [0.25, 0.3) is 0 Å². The van der Waals surface area contributed by atoms with Crippen molar-refractivity contribution < 1.29 is 19.1 Å². The Morgan fingerprint density at radius 2 is 1.67 bits per heavy atom. The number of thioether (sulfide) groups is 1. The van der Waals surface area contributed by atoms with Crippen LogP contribution in [0.3, 0.4) is 0 Å². The van der Waals surface area contributed by atoms with Gasteiger partial charge in [-0.3, -0.25) is 4.79 Å². The first-order chi connectivity index (χ1) is 8.49. The van der Waals surface area contributed by atoms with Gasteiger partial charge >= 0.3 is 11.3 Å². The van der Waals surface area contributed by atoms with Crippen molar-refractivity contribution in [1.82, 2.24) is 0 Å². The lowest BCUT2D eigenvalue weighted by Crippen LogP contribution is -2.22. The Morgan fingerprint density at radius 1 is 1.06 bits per heavy atom. The van der Waals surface area contributed by atoms with Crippen molar-refractivity contribution in [2.24, 2.45) is 5.92 Å². The molecule has 0 fully saturated rings. The fourth-order valence-electron chi connectivity index (χ4n) is 1.07. The number of carbonyl (C=O) groups excluding carboxylic acids is 2. The lowest BCUT2D eigenvalue weighted by atomic mass is 10.2. The van der Waals surface area contributed by atoms with Gasteiger partial charge in [-0.25, -0.2) is 4.79 Å². The highest BCUT2D eigenvalue weighted by Gasteiger charge is 2.17. The van der Waals surface area contributed by atoms with Gasteiger partial charge in [-0.2, -0.15) is 0 Å². The first-order valence-electron chi connectivity index (χ1n) is 5.63. The van der Waals surface area contributed by atoms with E-state index in [4.69, 9.17) is 9.47 Å². The maximum Gasteiger partial charge on any atom is 0.375 e. The molecule has 5 heteroatoms. The summed E-state index contributed by atoms with van der Waals surface area (Å²) in [7, 11) is 0. The number of esters is 1. The smallest absolute Gasteiger partial charge is 0.375 e. The van der Waals surface area contributed by atoms with Gasteiger partial charge in [0.1, 0.15) is 0 Å². The third kappa shape index (κ3) is 5.23. The fourth-order valence-corrected chi connectivity index (χ4v) is 1.74. The van der Waals surface area contributed by atoms with Gasteiger partial charge in [0.2, 0.25) is 6.29 Å². The van der Waals surface area contributed by atoms with Crippen LogP contribution in [-0.2, 0) is 14.3 Å². The normalized spacial score (nSPS) is 12.0. The lowest BCUT2D eigenvalue weighted by molar-refractivity contribution is -0.167. The highest BCUT2D eigenvalue weighted by molar-refractivity contribution is 8.13. The Hall–Kier alpha value is -1.49. The van der Waals surface area contributed by atoms with Crippen molar-refractivity contribution in [3.63, 3.8) is 0 Å². The molecule has 0 N–H and O–H groups in total. The minimum Gasteiger partial charge on any atom is -0.425 e. The Labute approximate surface area is 111 Å². The summed E-state index contributed by atoms with van der Waals surface area (Å²) in [4.78, 5) is 23.6. The molecular weight excluding hydrogens is 252 g/mol. The molecule has 1 aromatic rings. The van der Waals surface area contributed by atoms with E-state index in [1.165, 1.54) is 6.92 Å². The van der Waals surface area contributed by atoms with E-state index in [2.05, 4.69) is 0 Å². The Balaban J connectivity index is 2.38. The largest absolute Gasteiger partial charge is 0.425 e. The average molecular weight is 268 g/mol. The van der Waals surface area contributed by atoms with Crippen molar-refractivity contribution in [3.05, 3.63) is 30.3 Å². The topological polar surface area (TPSA) is 52.6 Å². The zero-order valence-electron chi connectivity index (χ0n) is 10.6. The second-order valence-corrected chi connectivity index (χ2v) is 4.95. The summed E-state index contributed by atoms with van der Waals surface area (Å²) < 4.78 is 9.88. The molecule has 4 nitrogen and oxygen atoms in total. The number of ether oxygens (including phenoxy) is 2. The minimum absolute atomic E-state index is 0.243. The quantitative estimate of drug-likeness (QED) is 0.475. The van der Waals surface area contributed by atoms with E-state index in [9.17, 15) is 9.59 Å². The van der Waals surface area contributed by atoms with Gasteiger partial charge in [0.25, 0.3) is 0 Å². The summed E-state index contributed by atoms with van der Waals surface area (Å²) in [6.07, 6.45) is -0.872. The van der Waals surface area contributed by atoms with E-state index in [1.54, 1.807) is 26.0 Å². The van der Waals surface area contributed by atoms with Gasteiger partial charge in [0.15, 0.2) is 0 Å². The zero-order valence-corrected chi connectivity index (χ0v) is 11.4. The SMILES string of the molecule is CC(OC(=O)Sc1ccccc1)OC(=O)C(C)C. The second-order valence-electron chi connectivity index (χ2n) is 3.94. The van der Waals surface area contributed by atoms with Crippen LogP contribution in [-0.4, -0.2) is 17.6 Å². The summed E-state index contributed by atoms with van der Waals surface area (Å²) in [5, 5.41) is -0.495. The van der Waals surface area contributed by atoms with Crippen LogP contribution in [0.4, 0.5) is 4.79 Å². The number of hydrogen-bond acceptors (Lipinski definition) is 5. The molecule has 0 amide bonds. The Morgan fingerprint density at radius 3 is 2.22 bits per heavy atom.